The number of carbonyl (C=O) groups is 1. The van der Waals surface area contributed by atoms with Gasteiger partial charge in [0.05, 0.1) is 5.41 Å². The summed E-state index contributed by atoms with van der Waals surface area (Å²) in [7, 11) is 0. The van der Waals surface area contributed by atoms with Crippen LogP contribution in [0.3, 0.4) is 0 Å². The topological polar surface area (TPSA) is 44.4 Å². The Bertz CT molecular complexity index is 301. The molecule has 2 fully saturated rings. The third kappa shape index (κ3) is 5.93. The van der Waals surface area contributed by atoms with Gasteiger partial charge in [-0.05, 0) is 52.1 Å². The summed E-state index contributed by atoms with van der Waals surface area (Å²) in [6.45, 7) is 9.67. The molecule has 0 radical (unpaired) electrons. The van der Waals surface area contributed by atoms with Crippen LogP contribution in [-0.4, -0.2) is 49.6 Å². The van der Waals surface area contributed by atoms with Crippen molar-refractivity contribution in [1.29, 1.82) is 0 Å². The molecule has 0 spiro atoms. The second-order valence-electron chi connectivity index (χ2n) is 6.43. The van der Waals surface area contributed by atoms with Crippen LogP contribution in [0.5, 0.6) is 0 Å². The SMILES string of the molecule is CCCN1CCC(NC(=O)C2(C)CCCNC2)CC1.Cl.Cl. The van der Waals surface area contributed by atoms with Gasteiger partial charge in [-0.25, -0.2) is 0 Å². The van der Waals surface area contributed by atoms with Crippen LogP contribution in [0.4, 0.5) is 0 Å². The van der Waals surface area contributed by atoms with Crippen LogP contribution >= 0.6 is 24.8 Å². The summed E-state index contributed by atoms with van der Waals surface area (Å²) in [6, 6.07) is 0.388. The molecule has 2 aliphatic rings. The summed E-state index contributed by atoms with van der Waals surface area (Å²) < 4.78 is 0. The fraction of sp³-hybridized carbons (Fsp3) is 0.933. The first-order valence-electron chi connectivity index (χ1n) is 7.88. The maximum Gasteiger partial charge on any atom is 0.227 e. The van der Waals surface area contributed by atoms with Gasteiger partial charge in [-0.1, -0.05) is 6.92 Å². The molecule has 2 rings (SSSR count). The van der Waals surface area contributed by atoms with Crippen molar-refractivity contribution in [3.8, 4) is 0 Å². The lowest BCUT2D eigenvalue weighted by molar-refractivity contribution is -0.132. The van der Waals surface area contributed by atoms with Crippen LogP contribution in [0, 0.1) is 5.41 Å². The Morgan fingerprint density at radius 1 is 1.33 bits per heavy atom. The molecule has 2 saturated heterocycles. The van der Waals surface area contributed by atoms with Gasteiger partial charge in [-0.15, -0.1) is 24.8 Å². The van der Waals surface area contributed by atoms with Crippen molar-refractivity contribution in [2.45, 2.75) is 52.0 Å². The van der Waals surface area contributed by atoms with Crippen molar-refractivity contribution in [2.24, 2.45) is 5.41 Å². The highest BCUT2D eigenvalue weighted by Gasteiger charge is 2.35. The fourth-order valence-electron chi connectivity index (χ4n) is 3.23. The minimum Gasteiger partial charge on any atom is -0.353 e. The largest absolute Gasteiger partial charge is 0.353 e. The molecule has 0 bridgehead atoms. The van der Waals surface area contributed by atoms with E-state index in [1.54, 1.807) is 0 Å². The number of rotatable bonds is 4. The normalized spacial score (nSPS) is 27.3. The summed E-state index contributed by atoms with van der Waals surface area (Å²) in [5.41, 5.74) is -0.196. The molecule has 2 aliphatic heterocycles. The van der Waals surface area contributed by atoms with E-state index in [1.807, 2.05) is 0 Å². The van der Waals surface area contributed by atoms with Crippen molar-refractivity contribution in [1.82, 2.24) is 15.5 Å². The third-order valence-corrected chi connectivity index (χ3v) is 4.61. The standard InChI is InChI=1S/C15H29N3O.2ClH/c1-3-9-18-10-5-13(6-11-18)17-14(19)15(2)7-4-8-16-12-15;;/h13,16H,3-12H2,1-2H3,(H,17,19);2*1H. The van der Waals surface area contributed by atoms with E-state index in [2.05, 4.69) is 29.4 Å². The van der Waals surface area contributed by atoms with E-state index >= 15 is 0 Å². The molecule has 0 aromatic rings. The summed E-state index contributed by atoms with van der Waals surface area (Å²) in [5.74, 6) is 0.258. The summed E-state index contributed by atoms with van der Waals surface area (Å²) in [6.07, 6.45) is 5.56. The van der Waals surface area contributed by atoms with Crippen LogP contribution < -0.4 is 10.6 Å². The number of halogens is 2. The second-order valence-corrected chi connectivity index (χ2v) is 6.43. The molecule has 126 valence electrons. The van der Waals surface area contributed by atoms with Gasteiger partial charge in [0.2, 0.25) is 5.91 Å². The van der Waals surface area contributed by atoms with Gasteiger partial charge >= 0.3 is 0 Å². The zero-order valence-electron chi connectivity index (χ0n) is 13.3. The number of hydrogen-bond acceptors (Lipinski definition) is 3. The summed E-state index contributed by atoms with van der Waals surface area (Å²) >= 11 is 0. The van der Waals surface area contributed by atoms with Gasteiger partial charge in [-0.2, -0.15) is 0 Å². The molecular formula is C15H31Cl2N3O. The molecule has 4 nitrogen and oxygen atoms in total. The molecule has 0 aromatic carbocycles. The molecule has 1 atom stereocenters. The number of likely N-dealkylation sites (tertiary alicyclic amines) is 1. The summed E-state index contributed by atoms with van der Waals surface area (Å²) in [4.78, 5) is 14.9. The third-order valence-electron chi connectivity index (χ3n) is 4.61. The number of amides is 1. The lowest BCUT2D eigenvalue weighted by Crippen LogP contribution is -2.53. The van der Waals surface area contributed by atoms with Gasteiger partial charge < -0.3 is 15.5 Å². The molecule has 0 aliphatic carbocycles. The highest BCUT2D eigenvalue weighted by atomic mass is 35.5. The highest BCUT2D eigenvalue weighted by molar-refractivity contribution is 5.85. The van der Waals surface area contributed by atoms with Crippen molar-refractivity contribution in [2.75, 3.05) is 32.7 Å². The number of carbonyl (C=O) groups excluding carboxylic acids is 1. The van der Waals surface area contributed by atoms with Crippen molar-refractivity contribution < 1.29 is 4.79 Å². The Morgan fingerprint density at radius 3 is 2.52 bits per heavy atom. The average molecular weight is 340 g/mol. The Morgan fingerprint density at radius 2 is 2.00 bits per heavy atom. The first-order valence-corrected chi connectivity index (χ1v) is 7.88. The second kappa shape index (κ2) is 9.88. The lowest BCUT2D eigenvalue weighted by Gasteiger charge is -2.37. The Kier molecular flexibility index (Phi) is 9.87. The smallest absolute Gasteiger partial charge is 0.227 e. The minimum absolute atomic E-state index is 0. The zero-order chi connectivity index (χ0) is 13.7. The van der Waals surface area contributed by atoms with E-state index in [1.165, 1.54) is 13.0 Å². The van der Waals surface area contributed by atoms with Crippen LogP contribution in [0.1, 0.15) is 46.0 Å². The molecule has 2 N–H and O–H groups in total. The molecule has 1 amide bonds. The van der Waals surface area contributed by atoms with Crippen LogP contribution in [0.2, 0.25) is 0 Å². The Balaban J connectivity index is 0.00000200. The Hall–Kier alpha value is -0.0300. The van der Waals surface area contributed by atoms with E-state index < -0.39 is 0 Å². The lowest BCUT2D eigenvalue weighted by atomic mass is 9.81. The van der Waals surface area contributed by atoms with Gasteiger partial charge in [-0.3, -0.25) is 4.79 Å². The predicted octanol–water partition coefficient (Wildman–Crippen LogP) is 2.21. The molecule has 6 heteroatoms. The Labute approximate surface area is 141 Å². The number of nitrogens with zero attached hydrogens (tertiary/aromatic N) is 1. The monoisotopic (exact) mass is 339 g/mol. The van der Waals surface area contributed by atoms with Crippen LogP contribution in [0.25, 0.3) is 0 Å². The average Bonchev–Trinajstić information content (AvgIpc) is 2.42. The summed E-state index contributed by atoms with van der Waals surface area (Å²) in [5, 5.41) is 6.63. The maximum absolute atomic E-state index is 12.4. The first-order chi connectivity index (χ1) is 9.14. The van der Waals surface area contributed by atoms with Crippen LogP contribution in [-0.2, 0) is 4.79 Å². The molecule has 21 heavy (non-hydrogen) atoms. The number of hydrogen-bond donors (Lipinski definition) is 2. The van der Waals surface area contributed by atoms with Crippen molar-refractivity contribution in [3.05, 3.63) is 0 Å². The number of nitrogens with one attached hydrogen (secondary N) is 2. The quantitative estimate of drug-likeness (QED) is 0.825. The van der Waals surface area contributed by atoms with Gasteiger partial charge in [0.15, 0.2) is 0 Å². The predicted molar refractivity (Wildman–Crippen MR) is 92.6 cm³/mol. The van der Waals surface area contributed by atoms with Gasteiger partial charge in [0.25, 0.3) is 0 Å². The molecule has 0 saturated carbocycles. The maximum atomic E-state index is 12.4. The minimum atomic E-state index is -0.196. The molecular weight excluding hydrogens is 309 g/mol. The van der Waals surface area contributed by atoms with Crippen LogP contribution in [0.15, 0.2) is 0 Å². The molecule has 0 aromatic heterocycles. The van der Waals surface area contributed by atoms with E-state index in [4.69, 9.17) is 0 Å². The van der Waals surface area contributed by atoms with E-state index in [0.29, 0.717) is 6.04 Å². The van der Waals surface area contributed by atoms with E-state index in [0.717, 1.165) is 51.9 Å². The highest BCUT2D eigenvalue weighted by Crippen LogP contribution is 2.26. The van der Waals surface area contributed by atoms with Gasteiger partial charge in [0, 0.05) is 25.7 Å². The number of piperidine rings is 2. The van der Waals surface area contributed by atoms with Crippen molar-refractivity contribution in [3.63, 3.8) is 0 Å². The zero-order valence-corrected chi connectivity index (χ0v) is 15.0. The molecule has 1 unspecified atom stereocenters. The van der Waals surface area contributed by atoms with E-state index in [9.17, 15) is 4.79 Å². The molecule has 2 heterocycles. The van der Waals surface area contributed by atoms with Crippen molar-refractivity contribution >= 4 is 30.7 Å². The van der Waals surface area contributed by atoms with Gasteiger partial charge in [0.1, 0.15) is 0 Å². The van der Waals surface area contributed by atoms with E-state index in [-0.39, 0.29) is 36.1 Å². The fourth-order valence-corrected chi connectivity index (χ4v) is 3.23. The first kappa shape index (κ1) is 21.0.